The fraction of sp³-hybridized carbons (Fsp3) is 0.609. The average molecular weight is 434 g/mol. The molecule has 1 aromatic carbocycles. The zero-order valence-electron chi connectivity index (χ0n) is 18.9. The van der Waals surface area contributed by atoms with Gasteiger partial charge in [-0.3, -0.25) is 9.59 Å². The number of alkyl carbamates (subject to hydrolysis) is 1. The number of hydrogen-bond donors (Lipinski definition) is 1. The summed E-state index contributed by atoms with van der Waals surface area (Å²) in [7, 11) is 0. The summed E-state index contributed by atoms with van der Waals surface area (Å²) in [5.74, 6) is 0.874. The van der Waals surface area contributed by atoms with Crippen molar-refractivity contribution in [3.8, 4) is 5.75 Å². The van der Waals surface area contributed by atoms with Crippen LogP contribution in [0, 0.1) is 0 Å². The number of rotatable bonds is 8. The molecule has 1 fully saturated rings. The number of para-hydroxylation sites is 1. The minimum Gasteiger partial charge on any atom is -0.494 e. The smallest absolute Gasteiger partial charge is 0.407 e. The highest BCUT2D eigenvalue weighted by molar-refractivity contribution is 5.78. The average Bonchev–Trinajstić information content (AvgIpc) is 2.97. The zero-order chi connectivity index (χ0) is 22.7. The van der Waals surface area contributed by atoms with Crippen molar-refractivity contribution in [1.29, 1.82) is 0 Å². The van der Waals surface area contributed by atoms with Gasteiger partial charge in [0, 0.05) is 45.6 Å². The highest BCUT2D eigenvalue weighted by Crippen LogP contribution is 2.11. The van der Waals surface area contributed by atoms with Gasteiger partial charge in [-0.2, -0.15) is 0 Å². The lowest BCUT2D eigenvalue weighted by atomic mass is 10.2. The molecular weight excluding hydrogens is 398 g/mol. The van der Waals surface area contributed by atoms with Gasteiger partial charge in [0.1, 0.15) is 11.4 Å². The Bertz CT molecular complexity index is 718. The number of carbonyl (C=O) groups is 3. The van der Waals surface area contributed by atoms with Gasteiger partial charge in [0.25, 0.3) is 0 Å². The first-order valence-corrected chi connectivity index (χ1v) is 10.9. The van der Waals surface area contributed by atoms with Crippen LogP contribution in [0.4, 0.5) is 4.79 Å². The molecule has 1 heterocycles. The van der Waals surface area contributed by atoms with E-state index in [0.29, 0.717) is 45.6 Å². The van der Waals surface area contributed by atoms with Crippen LogP contribution in [0.2, 0.25) is 0 Å². The molecule has 0 saturated carbocycles. The summed E-state index contributed by atoms with van der Waals surface area (Å²) in [4.78, 5) is 40.2. The molecule has 8 nitrogen and oxygen atoms in total. The van der Waals surface area contributed by atoms with Crippen molar-refractivity contribution in [2.75, 3.05) is 39.3 Å². The molecule has 0 bridgehead atoms. The van der Waals surface area contributed by atoms with E-state index in [4.69, 9.17) is 9.47 Å². The maximum Gasteiger partial charge on any atom is 0.407 e. The molecule has 0 atom stereocenters. The second-order valence-corrected chi connectivity index (χ2v) is 8.56. The highest BCUT2D eigenvalue weighted by Gasteiger charge is 2.22. The summed E-state index contributed by atoms with van der Waals surface area (Å²) in [5, 5.41) is 2.61. The van der Waals surface area contributed by atoms with E-state index < -0.39 is 11.7 Å². The Kier molecular flexibility index (Phi) is 9.62. The topological polar surface area (TPSA) is 88.2 Å². The van der Waals surface area contributed by atoms with Gasteiger partial charge in [0.15, 0.2) is 0 Å². The summed E-state index contributed by atoms with van der Waals surface area (Å²) in [5.41, 5.74) is -0.567. The normalized spacial score (nSPS) is 14.5. The first-order chi connectivity index (χ1) is 14.7. The number of carbonyl (C=O) groups excluding carboxylic acids is 3. The van der Waals surface area contributed by atoms with E-state index >= 15 is 0 Å². The van der Waals surface area contributed by atoms with E-state index in [1.165, 1.54) is 0 Å². The number of hydrogen-bond acceptors (Lipinski definition) is 5. The fourth-order valence-electron chi connectivity index (χ4n) is 3.25. The minimum absolute atomic E-state index is 0.0263. The Balaban J connectivity index is 1.64. The van der Waals surface area contributed by atoms with Crippen molar-refractivity contribution in [2.45, 2.75) is 52.1 Å². The number of amides is 3. The van der Waals surface area contributed by atoms with Crippen molar-refractivity contribution < 1.29 is 23.9 Å². The summed E-state index contributed by atoms with van der Waals surface area (Å²) in [6.07, 6.45) is 1.52. The van der Waals surface area contributed by atoms with Crippen LogP contribution in [0.15, 0.2) is 30.3 Å². The molecule has 8 heteroatoms. The van der Waals surface area contributed by atoms with Crippen LogP contribution in [-0.2, 0) is 14.3 Å². The van der Waals surface area contributed by atoms with E-state index in [2.05, 4.69) is 5.32 Å². The number of nitrogens with zero attached hydrogens (tertiary/aromatic N) is 2. The van der Waals surface area contributed by atoms with E-state index in [-0.39, 0.29) is 24.8 Å². The molecule has 0 radical (unpaired) electrons. The van der Waals surface area contributed by atoms with Crippen molar-refractivity contribution >= 4 is 17.9 Å². The van der Waals surface area contributed by atoms with Crippen molar-refractivity contribution in [3.05, 3.63) is 30.3 Å². The predicted octanol–water partition coefficient (Wildman–Crippen LogP) is 2.82. The van der Waals surface area contributed by atoms with E-state index in [1.807, 2.05) is 35.2 Å². The SMILES string of the molecule is CC(C)(C)OC(=O)NCCC(=O)N1CCCN(C(=O)CCCOc2ccccc2)CC1. The van der Waals surface area contributed by atoms with Gasteiger partial charge < -0.3 is 24.6 Å². The maximum atomic E-state index is 12.5. The molecule has 1 aromatic rings. The quantitative estimate of drug-likeness (QED) is 0.637. The van der Waals surface area contributed by atoms with Gasteiger partial charge in [-0.25, -0.2) is 4.79 Å². The first kappa shape index (κ1) is 24.5. The van der Waals surface area contributed by atoms with Crippen LogP contribution in [0.25, 0.3) is 0 Å². The molecule has 31 heavy (non-hydrogen) atoms. The third-order valence-electron chi connectivity index (χ3n) is 4.76. The molecule has 0 aliphatic carbocycles. The molecule has 1 N–H and O–H groups in total. The first-order valence-electron chi connectivity index (χ1n) is 10.9. The van der Waals surface area contributed by atoms with Gasteiger partial charge in [-0.15, -0.1) is 0 Å². The predicted molar refractivity (Wildman–Crippen MR) is 118 cm³/mol. The second kappa shape index (κ2) is 12.2. The number of nitrogens with one attached hydrogen (secondary N) is 1. The third-order valence-corrected chi connectivity index (χ3v) is 4.76. The van der Waals surface area contributed by atoms with Crippen LogP contribution in [0.1, 0.15) is 46.5 Å². The lowest BCUT2D eigenvalue weighted by Gasteiger charge is -2.23. The van der Waals surface area contributed by atoms with Crippen molar-refractivity contribution in [3.63, 3.8) is 0 Å². The lowest BCUT2D eigenvalue weighted by Crippen LogP contribution is -2.39. The third kappa shape index (κ3) is 9.72. The maximum absolute atomic E-state index is 12.5. The molecule has 1 aliphatic heterocycles. The summed E-state index contributed by atoms with van der Waals surface area (Å²) in [6, 6.07) is 9.55. The Labute approximate surface area is 184 Å². The van der Waals surface area contributed by atoms with Crippen LogP contribution in [0.5, 0.6) is 5.75 Å². The Morgan fingerprint density at radius 3 is 2.16 bits per heavy atom. The molecule has 172 valence electrons. The van der Waals surface area contributed by atoms with Gasteiger partial charge >= 0.3 is 6.09 Å². The Morgan fingerprint density at radius 1 is 0.935 bits per heavy atom. The number of benzene rings is 1. The van der Waals surface area contributed by atoms with Crippen molar-refractivity contribution in [1.82, 2.24) is 15.1 Å². The summed E-state index contributed by atoms with van der Waals surface area (Å²) >= 11 is 0. The van der Waals surface area contributed by atoms with Gasteiger partial charge in [0.2, 0.25) is 11.8 Å². The molecule has 1 aliphatic rings. The number of ether oxygens (including phenoxy) is 2. The highest BCUT2D eigenvalue weighted by atomic mass is 16.6. The van der Waals surface area contributed by atoms with Gasteiger partial charge in [-0.1, -0.05) is 18.2 Å². The van der Waals surface area contributed by atoms with Crippen molar-refractivity contribution in [2.24, 2.45) is 0 Å². The molecule has 1 saturated heterocycles. The monoisotopic (exact) mass is 433 g/mol. The van der Waals surface area contributed by atoms with Crippen LogP contribution in [-0.4, -0.2) is 72.6 Å². The summed E-state index contributed by atoms with van der Waals surface area (Å²) in [6.45, 7) is 8.41. The molecule has 3 amide bonds. The molecule has 2 rings (SSSR count). The molecule has 0 unspecified atom stereocenters. The van der Waals surface area contributed by atoms with Crippen LogP contribution in [0.3, 0.4) is 0 Å². The molecular formula is C23H35N3O5. The Morgan fingerprint density at radius 2 is 1.55 bits per heavy atom. The van der Waals surface area contributed by atoms with E-state index in [9.17, 15) is 14.4 Å². The zero-order valence-corrected chi connectivity index (χ0v) is 18.9. The van der Waals surface area contributed by atoms with Crippen LogP contribution < -0.4 is 10.1 Å². The minimum atomic E-state index is -0.567. The van der Waals surface area contributed by atoms with Crippen LogP contribution >= 0.6 is 0 Å². The molecule has 0 aromatic heterocycles. The van der Waals surface area contributed by atoms with E-state index in [0.717, 1.165) is 12.2 Å². The molecule has 0 spiro atoms. The fourth-order valence-corrected chi connectivity index (χ4v) is 3.25. The lowest BCUT2D eigenvalue weighted by molar-refractivity contribution is -0.133. The van der Waals surface area contributed by atoms with Gasteiger partial charge in [0.05, 0.1) is 6.61 Å². The van der Waals surface area contributed by atoms with E-state index in [1.54, 1.807) is 25.7 Å². The van der Waals surface area contributed by atoms with Gasteiger partial charge in [-0.05, 0) is 45.7 Å². The standard InChI is InChI=1S/C23H35N3O5/c1-23(2,3)31-22(29)24-13-12-21(28)26-15-8-14-25(16-17-26)20(27)11-7-18-30-19-9-5-4-6-10-19/h4-6,9-10H,7-8,11-18H2,1-3H3,(H,24,29). The Hall–Kier alpha value is -2.77. The second-order valence-electron chi connectivity index (χ2n) is 8.56. The summed E-state index contributed by atoms with van der Waals surface area (Å²) < 4.78 is 10.8. The largest absolute Gasteiger partial charge is 0.494 e.